The Bertz CT molecular complexity index is 388. The van der Waals surface area contributed by atoms with Crippen LogP contribution in [-0.2, 0) is 6.42 Å². The lowest BCUT2D eigenvalue weighted by molar-refractivity contribution is 0.130. The van der Waals surface area contributed by atoms with E-state index in [0.717, 1.165) is 12.0 Å². The molecule has 0 aromatic heterocycles. The van der Waals surface area contributed by atoms with E-state index in [1.54, 1.807) is 12.1 Å². The first kappa shape index (κ1) is 14.0. The molecule has 1 aliphatic rings. The molecule has 0 radical (unpaired) electrons. The average Bonchev–Trinajstić information content (AvgIpc) is 2.35. The Hall–Kier alpha value is -0.410. The molecule has 1 atom stereocenters. The molecular formula is C15H20BrFO. The summed E-state index contributed by atoms with van der Waals surface area (Å²) in [4.78, 5) is 0. The summed E-state index contributed by atoms with van der Waals surface area (Å²) in [5, 5.41) is 10.1. The molecule has 1 aromatic carbocycles. The van der Waals surface area contributed by atoms with E-state index in [0.29, 0.717) is 16.8 Å². The quantitative estimate of drug-likeness (QED) is 0.869. The first-order chi connectivity index (χ1) is 8.65. The molecule has 0 bridgehead atoms. The van der Waals surface area contributed by atoms with Crippen LogP contribution in [0.15, 0.2) is 22.7 Å². The van der Waals surface area contributed by atoms with Crippen molar-refractivity contribution in [2.75, 3.05) is 0 Å². The number of rotatable bonds is 4. The van der Waals surface area contributed by atoms with Crippen LogP contribution in [0.2, 0.25) is 0 Å². The predicted octanol–water partition coefficient (Wildman–Crippen LogP) is 4.46. The van der Waals surface area contributed by atoms with Gasteiger partial charge >= 0.3 is 0 Å². The van der Waals surface area contributed by atoms with Gasteiger partial charge in [0.1, 0.15) is 5.82 Å². The zero-order chi connectivity index (χ0) is 13.0. The van der Waals surface area contributed by atoms with Gasteiger partial charge in [-0.2, -0.15) is 0 Å². The van der Waals surface area contributed by atoms with Crippen molar-refractivity contribution < 1.29 is 9.50 Å². The Balaban J connectivity index is 1.85. The van der Waals surface area contributed by atoms with Gasteiger partial charge in [0.2, 0.25) is 0 Å². The standard InChI is InChI=1S/C15H20BrFO/c16-14-10-12(6-7-15(14)17)9-13(18)8-11-4-2-1-3-5-11/h6-7,10-11,13,18H,1-5,8-9H2. The molecule has 3 heteroatoms. The van der Waals surface area contributed by atoms with Crippen molar-refractivity contribution >= 4 is 15.9 Å². The maximum Gasteiger partial charge on any atom is 0.137 e. The van der Waals surface area contributed by atoms with Gasteiger partial charge in [0.25, 0.3) is 0 Å². The molecule has 1 unspecified atom stereocenters. The fourth-order valence-electron chi connectivity index (χ4n) is 2.83. The van der Waals surface area contributed by atoms with Crippen molar-refractivity contribution in [3.05, 3.63) is 34.1 Å². The van der Waals surface area contributed by atoms with Crippen molar-refractivity contribution in [3.63, 3.8) is 0 Å². The van der Waals surface area contributed by atoms with E-state index in [-0.39, 0.29) is 11.9 Å². The smallest absolute Gasteiger partial charge is 0.137 e. The summed E-state index contributed by atoms with van der Waals surface area (Å²) >= 11 is 3.18. The summed E-state index contributed by atoms with van der Waals surface area (Å²) in [6, 6.07) is 4.97. The SMILES string of the molecule is OC(Cc1ccc(F)c(Br)c1)CC1CCCCC1. The van der Waals surface area contributed by atoms with Crippen molar-refractivity contribution in [3.8, 4) is 0 Å². The van der Waals surface area contributed by atoms with E-state index in [9.17, 15) is 9.50 Å². The van der Waals surface area contributed by atoms with Crippen LogP contribution in [0.25, 0.3) is 0 Å². The summed E-state index contributed by atoms with van der Waals surface area (Å²) in [5.74, 6) is 0.429. The highest BCUT2D eigenvalue weighted by Crippen LogP contribution is 2.28. The van der Waals surface area contributed by atoms with Crippen molar-refractivity contribution in [1.82, 2.24) is 0 Å². The molecular weight excluding hydrogens is 295 g/mol. The van der Waals surface area contributed by atoms with Gasteiger partial charge in [-0.3, -0.25) is 0 Å². The molecule has 18 heavy (non-hydrogen) atoms. The molecule has 0 heterocycles. The molecule has 1 aliphatic carbocycles. The van der Waals surface area contributed by atoms with Crippen LogP contribution in [0.4, 0.5) is 4.39 Å². The number of hydrogen-bond donors (Lipinski definition) is 1. The molecule has 1 aromatic rings. The topological polar surface area (TPSA) is 20.2 Å². The maximum atomic E-state index is 13.1. The van der Waals surface area contributed by atoms with Gasteiger partial charge < -0.3 is 5.11 Å². The fourth-order valence-corrected chi connectivity index (χ4v) is 3.26. The third-order valence-electron chi connectivity index (χ3n) is 3.79. The van der Waals surface area contributed by atoms with E-state index in [1.807, 2.05) is 0 Å². The Morgan fingerprint density at radius 3 is 2.67 bits per heavy atom. The van der Waals surface area contributed by atoms with Crippen molar-refractivity contribution in [2.45, 2.75) is 51.0 Å². The van der Waals surface area contributed by atoms with Gasteiger partial charge in [-0.25, -0.2) is 4.39 Å². The van der Waals surface area contributed by atoms with Crippen LogP contribution in [0.3, 0.4) is 0 Å². The molecule has 100 valence electrons. The minimum Gasteiger partial charge on any atom is -0.393 e. The number of halogens is 2. The van der Waals surface area contributed by atoms with E-state index >= 15 is 0 Å². The van der Waals surface area contributed by atoms with E-state index in [1.165, 1.54) is 38.2 Å². The lowest BCUT2D eigenvalue weighted by Gasteiger charge is -2.24. The van der Waals surface area contributed by atoms with Crippen molar-refractivity contribution in [1.29, 1.82) is 0 Å². The van der Waals surface area contributed by atoms with Gasteiger partial charge in [-0.15, -0.1) is 0 Å². The van der Waals surface area contributed by atoms with Crippen LogP contribution in [0.5, 0.6) is 0 Å². The minimum absolute atomic E-state index is 0.250. The van der Waals surface area contributed by atoms with Gasteiger partial charge in [0.05, 0.1) is 10.6 Å². The lowest BCUT2D eigenvalue weighted by atomic mass is 9.84. The molecule has 1 fully saturated rings. The summed E-state index contributed by atoms with van der Waals surface area (Å²) in [6.07, 6.45) is 7.67. The minimum atomic E-state index is -0.300. The number of hydrogen-bond acceptors (Lipinski definition) is 1. The Labute approximate surface area is 117 Å². The van der Waals surface area contributed by atoms with Crippen LogP contribution in [-0.4, -0.2) is 11.2 Å². The first-order valence-electron chi connectivity index (χ1n) is 6.77. The summed E-state index contributed by atoms with van der Waals surface area (Å²) in [6.45, 7) is 0. The third kappa shape index (κ3) is 4.06. The zero-order valence-electron chi connectivity index (χ0n) is 10.5. The molecule has 2 rings (SSSR count). The van der Waals surface area contributed by atoms with E-state index in [2.05, 4.69) is 15.9 Å². The molecule has 1 nitrogen and oxygen atoms in total. The number of aliphatic hydroxyl groups excluding tert-OH is 1. The van der Waals surface area contributed by atoms with Gasteiger partial charge in [0.15, 0.2) is 0 Å². The maximum absolute atomic E-state index is 13.1. The third-order valence-corrected chi connectivity index (χ3v) is 4.39. The second-order valence-electron chi connectivity index (χ2n) is 5.35. The van der Waals surface area contributed by atoms with Crippen molar-refractivity contribution in [2.24, 2.45) is 5.92 Å². The summed E-state index contributed by atoms with van der Waals surface area (Å²) < 4.78 is 13.6. The number of benzene rings is 1. The molecule has 1 N–H and O–H groups in total. The average molecular weight is 315 g/mol. The molecule has 0 aliphatic heterocycles. The predicted molar refractivity (Wildman–Crippen MR) is 75.0 cm³/mol. The molecule has 1 saturated carbocycles. The van der Waals surface area contributed by atoms with Gasteiger partial charge in [-0.1, -0.05) is 38.2 Å². The highest BCUT2D eigenvalue weighted by Gasteiger charge is 2.17. The highest BCUT2D eigenvalue weighted by molar-refractivity contribution is 9.10. The second-order valence-corrected chi connectivity index (χ2v) is 6.20. The normalized spacial score (nSPS) is 18.8. The molecule has 0 spiro atoms. The Kier molecular flexibility index (Phi) is 5.19. The van der Waals surface area contributed by atoms with Crippen LogP contribution in [0.1, 0.15) is 44.1 Å². The summed E-state index contributed by atoms with van der Waals surface area (Å²) in [5.41, 5.74) is 0.992. The highest BCUT2D eigenvalue weighted by atomic mass is 79.9. The summed E-state index contributed by atoms with van der Waals surface area (Å²) in [7, 11) is 0. The van der Waals surface area contributed by atoms with E-state index < -0.39 is 0 Å². The van der Waals surface area contributed by atoms with Crippen LogP contribution < -0.4 is 0 Å². The Morgan fingerprint density at radius 2 is 2.00 bits per heavy atom. The second kappa shape index (κ2) is 6.67. The first-order valence-corrected chi connectivity index (χ1v) is 7.56. The fraction of sp³-hybridized carbons (Fsp3) is 0.600. The number of aliphatic hydroxyl groups is 1. The lowest BCUT2D eigenvalue weighted by Crippen LogP contribution is -2.18. The molecule has 0 amide bonds. The van der Waals surface area contributed by atoms with Crippen LogP contribution in [0, 0.1) is 11.7 Å². The molecule has 0 saturated heterocycles. The van der Waals surface area contributed by atoms with Crippen LogP contribution >= 0.6 is 15.9 Å². The largest absolute Gasteiger partial charge is 0.393 e. The van der Waals surface area contributed by atoms with E-state index in [4.69, 9.17) is 0 Å². The zero-order valence-corrected chi connectivity index (χ0v) is 12.1. The monoisotopic (exact) mass is 314 g/mol. The van der Waals surface area contributed by atoms with Gasteiger partial charge in [-0.05, 0) is 52.4 Å². The Morgan fingerprint density at radius 1 is 1.28 bits per heavy atom. The van der Waals surface area contributed by atoms with Gasteiger partial charge in [0, 0.05) is 0 Å².